The number of urea groups is 1. The summed E-state index contributed by atoms with van der Waals surface area (Å²) in [7, 11) is 1.58. The van der Waals surface area contributed by atoms with Gasteiger partial charge in [0.25, 0.3) is 5.56 Å². The Kier molecular flexibility index (Phi) is 4.86. The van der Waals surface area contributed by atoms with Crippen LogP contribution in [-0.2, 0) is 29.1 Å². The number of ether oxygens (including phenoxy) is 2. The molecule has 148 valence electrons. The molecule has 2 amide bonds. The summed E-state index contributed by atoms with van der Waals surface area (Å²) in [6, 6.07) is 2.18. The second-order valence-electron chi connectivity index (χ2n) is 6.81. The average molecular weight is 391 g/mol. The molecule has 1 aromatic carbocycles. The average Bonchev–Trinajstić information content (AvgIpc) is 2.70. The molecule has 1 unspecified atom stereocenters. The van der Waals surface area contributed by atoms with Crippen LogP contribution < -0.4 is 10.9 Å². The summed E-state index contributed by atoms with van der Waals surface area (Å²) in [5.41, 5.74) is 2.90. The van der Waals surface area contributed by atoms with Crippen LogP contribution in [-0.4, -0.2) is 36.2 Å². The van der Waals surface area contributed by atoms with E-state index < -0.39 is 23.7 Å². The number of nitrogens with one attached hydrogen (secondary N) is 2. The number of benzene rings is 1. The van der Waals surface area contributed by atoms with Gasteiger partial charge in [-0.15, -0.1) is 0 Å². The van der Waals surface area contributed by atoms with Crippen molar-refractivity contribution < 1.29 is 23.0 Å². The quantitative estimate of drug-likeness (QED) is 0.824. The number of amides is 2. The Morgan fingerprint density at radius 1 is 1.21 bits per heavy atom. The van der Waals surface area contributed by atoms with Crippen molar-refractivity contribution in [1.29, 1.82) is 0 Å². The number of pyridine rings is 1. The van der Waals surface area contributed by atoms with Crippen molar-refractivity contribution in [3.8, 4) is 0 Å². The summed E-state index contributed by atoms with van der Waals surface area (Å²) in [5, 5.41) is 2.55. The number of anilines is 1. The molecule has 4 rings (SSSR count). The fourth-order valence-corrected chi connectivity index (χ4v) is 3.64. The highest BCUT2D eigenvalue weighted by Gasteiger charge is 2.33. The number of aromatic nitrogens is 1. The molecule has 0 fully saturated rings. The standard InChI is InChI=1S/C19H19F2N3O4/c1-24(19(26)22-10-2-3-13(20)14(21)6-10)16-9-28-8-15-17(16)12-7-27-5-4-11(12)18(25)23-15/h2-3,6,16H,4-5,7-9H2,1H3,(H,22,26)(H,23,25). The zero-order valence-corrected chi connectivity index (χ0v) is 15.2. The van der Waals surface area contributed by atoms with E-state index in [2.05, 4.69) is 10.3 Å². The van der Waals surface area contributed by atoms with E-state index in [9.17, 15) is 18.4 Å². The predicted octanol–water partition coefficient (Wildman–Crippen LogP) is 2.46. The number of carbonyl (C=O) groups excluding carboxylic acids is 1. The largest absolute Gasteiger partial charge is 0.376 e. The smallest absolute Gasteiger partial charge is 0.322 e. The summed E-state index contributed by atoms with van der Waals surface area (Å²) in [6.45, 7) is 1.26. The van der Waals surface area contributed by atoms with Crippen molar-refractivity contribution in [2.24, 2.45) is 0 Å². The number of fused-ring (bicyclic) bond motifs is 3. The molecule has 0 saturated heterocycles. The number of hydrogen-bond acceptors (Lipinski definition) is 4. The molecule has 2 aliphatic rings. The van der Waals surface area contributed by atoms with Crippen LogP contribution in [0.4, 0.5) is 19.3 Å². The highest BCUT2D eigenvalue weighted by molar-refractivity contribution is 5.89. The van der Waals surface area contributed by atoms with Crippen LogP contribution in [0.15, 0.2) is 23.0 Å². The maximum atomic E-state index is 13.4. The van der Waals surface area contributed by atoms with E-state index in [0.29, 0.717) is 30.9 Å². The Bertz CT molecular complexity index is 992. The van der Waals surface area contributed by atoms with Crippen molar-refractivity contribution in [2.75, 3.05) is 25.6 Å². The number of likely N-dealkylation sites (N-methyl/N-ethyl adjacent to an activating group) is 1. The molecule has 28 heavy (non-hydrogen) atoms. The first-order chi connectivity index (χ1) is 13.5. The van der Waals surface area contributed by atoms with E-state index in [0.717, 1.165) is 23.3 Å². The molecule has 0 saturated carbocycles. The molecular weight excluding hydrogens is 372 g/mol. The highest BCUT2D eigenvalue weighted by atomic mass is 19.2. The highest BCUT2D eigenvalue weighted by Crippen LogP contribution is 2.33. The Morgan fingerprint density at radius 3 is 2.82 bits per heavy atom. The number of hydrogen-bond donors (Lipinski definition) is 2. The first-order valence-corrected chi connectivity index (χ1v) is 8.87. The Balaban J connectivity index is 1.64. The minimum absolute atomic E-state index is 0.138. The molecule has 0 radical (unpaired) electrons. The van der Waals surface area contributed by atoms with Crippen molar-refractivity contribution in [2.45, 2.75) is 25.7 Å². The monoisotopic (exact) mass is 391 g/mol. The van der Waals surface area contributed by atoms with Crippen molar-refractivity contribution in [3.05, 3.63) is 62.6 Å². The molecule has 2 aliphatic heterocycles. The molecule has 0 aliphatic carbocycles. The first-order valence-electron chi connectivity index (χ1n) is 8.87. The third-order valence-electron chi connectivity index (χ3n) is 5.11. The summed E-state index contributed by atoms with van der Waals surface area (Å²) in [5.74, 6) is -2.04. The van der Waals surface area contributed by atoms with Gasteiger partial charge in [0.05, 0.1) is 32.5 Å². The van der Waals surface area contributed by atoms with Crippen LogP contribution in [0.5, 0.6) is 0 Å². The van der Waals surface area contributed by atoms with Gasteiger partial charge in [-0.05, 0) is 17.7 Å². The van der Waals surface area contributed by atoms with E-state index >= 15 is 0 Å². The minimum atomic E-state index is -1.05. The van der Waals surface area contributed by atoms with E-state index in [1.54, 1.807) is 7.05 Å². The molecular formula is C19H19F2N3O4. The number of aromatic amines is 1. The molecule has 9 heteroatoms. The van der Waals surface area contributed by atoms with Crippen LogP contribution in [0.2, 0.25) is 0 Å². The second kappa shape index (κ2) is 7.33. The summed E-state index contributed by atoms with van der Waals surface area (Å²) in [4.78, 5) is 29.3. The molecule has 0 spiro atoms. The van der Waals surface area contributed by atoms with E-state index in [4.69, 9.17) is 9.47 Å². The first kappa shape index (κ1) is 18.6. The number of carbonyl (C=O) groups is 1. The lowest BCUT2D eigenvalue weighted by Crippen LogP contribution is -2.41. The fourth-order valence-electron chi connectivity index (χ4n) is 3.64. The molecule has 1 aromatic heterocycles. The number of nitrogens with zero attached hydrogens (tertiary/aromatic N) is 1. The molecule has 2 aromatic rings. The topological polar surface area (TPSA) is 83.7 Å². The third kappa shape index (κ3) is 3.27. The van der Waals surface area contributed by atoms with Gasteiger partial charge in [0.1, 0.15) is 0 Å². The molecule has 3 heterocycles. The van der Waals surface area contributed by atoms with Crippen LogP contribution >= 0.6 is 0 Å². The van der Waals surface area contributed by atoms with Gasteiger partial charge in [0.2, 0.25) is 0 Å². The van der Waals surface area contributed by atoms with Gasteiger partial charge in [0, 0.05) is 42.0 Å². The maximum Gasteiger partial charge on any atom is 0.322 e. The van der Waals surface area contributed by atoms with Crippen LogP contribution in [0, 0.1) is 11.6 Å². The minimum Gasteiger partial charge on any atom is -0.376 e. The maximum absolute atomic E-state index is 13.4. The lowest BCUT2D eigenvalue weighted by Gasteiger charge is -2.35. The van der Waals surface area contributed by atoms with Gasteiger partial charge in [0.15, 0.2) is 11.6 Å². The van der Waals surface area contributed by atoms with Gasteiger partial charge < -0.3 is 24.7 Å². The van der Waals surface area contributed by atoms with Gasteiger partial charge in [-0.3, -0.25) is 4.79 Å². The zero-order valence-electron chi connectivity index (χ0n) is 15.2. The van der Waals surface area contributed by atoms with Crippen LogP contribution in [0.1, 0.15) is 28.4 Å². The lowest BCUT2D eigenvalue weighted by atomic mass is 9.91. The van der Waals surface area contributed by atoms with Crippen molar-refractivity contribution >= 4 is 11.7 Å². The molecule has 7 nitrogen and oxygen atoms in total. The van der Waals surface area contributed by atoms with Crippen molar-refractivity contribution in [1.82, 2.24) is 9.88 Å². The normalized spacial score (nSPS) is 18.2. The number of rotatable bonds is 2. The number of halogens is 2. The third-order valence-corrected chi connectivity index (χ3v) is 5.11. The zero-order chi connectivity index (χ0) is 19.8. The van der Waals surface area contributed by atoms with Gasteiger partial charge >= 0.3 is 6.03 Å². The Morgan fingerprint density at radius 2 is 2.04 bits per heavy atom. The molecule has 1 atom stereocenters. The lowest BCUT2D eigenvalue weighted by molar-refractivity contribution is 0.0475. The Labute approximate surface area is 159 Å². The van der Waals surface area contributed by atoms with Gasteiger partial charge in [-0.2, -0.15) is 0 Å². The predicted molar refractivity (Wildman–Crippen MR) is 96.0 cm³/mol. The summed E-state index contributed by atoms with van der Waals surface area (Å²) in [6.07, 6.45) is 0.510. The van der Waals surface area contributed by atoms with E-state index in [1.165, 1.54) is 11.0 Å². The van der Waals surface area contributed by atoms with Gasteiger partial charge in [-0.1, -0.05) is 0 Å². The molecule has 2 N–H and O–H groups in total. The van der Waals surface area contributed by atoms with Crippen molar-refractivity contribution in [3.63, 3.8) is 0 Å². The Hall–Kier alpha value is -2.78. The van der Waals surface area contributed by atoms with E-state index in [1.807, 2.05) is 0 Å². The van der Waals surface area contributed by atoms with E-state index in [-0.39, 0.29) is 24.5 Å². The SMILES string of the molecule is CN(C(=O)Nc1ccc(F)c(F)c1)C1COCc2[nH]c(=O)c3c(c21)COCC3. The summed E-state index contributed by atoms with van der Waals surface area (Å²) < 4.78 is 37.6. The van der Waals surface area contributed by atoms with Crippen LogP contribution in [0.3, 0.4) is 0 Å². The summed E-state index contributed by atoms with van der Waals surface area (Å²) >= 11 is 0. The second-order valence-corrected chi connectivity index (χ2v) is 6.81. The number of H-pyrrole nitrogens is 1. The van der Waals surface area contributed by atoms with Gasteiger partial charge in [-0.25, -0.2) is 13.6 Å². The van der Waals surface area contributed by atoms with Crippen LogP contribution in [0.25, 0.3) is 0 Å². The molecule has 0 bridgehead atoms. The fraction of sp³-hybridized carbons (Fsp3) is 0.368.